The maximum absolute atomic E-state index is 12.6. The van der Waals surface area contributed by atoms with Gasteiger partial charge in [0.2, 0.25) is 5.88 Å². The summed E-state index contributed by atoms with van der Waals surface area (Å²) in [4.78, 5) is 33.4. The van der Waals surface area contributed by atoms with Gasteiger partial charge in [0, 0.05) is 38.9 Å². The smallest absolute Gasteiger partial charge is 0.344 e. The molecule has 0 radical (unpaired) electrons. The zero-order valence-corrected chi connectivity index (χ0v) is 18.6. The average molecular weight is 446 g/mol. The number of nitrogens with zero attached hydrogens (tertiary/aromatic N) is 3. The number of aromatic nitrogens is 1. The van der Waals surface area contributed by atoms with Crippen LogP contribution in [0.25, 0.3) is 0 Å². The van der Waals surface area contributed by atoms with E-state index in [1.807, 2.05) is 18.2 Å². The van der Waals surface area contributed by atoms with E-state index in [2.05, 4.69) is 41.1 Å². The van der Waals surface area contributed by atoms with Crippen LogP contribution in [0.15, 0.2) is 72.9 Å². The van der Waals surface area contributed by atoms with E-state index in [-0.39, 0.29) is 24.0 Å². The van der Waals surface area contributed by atoms with Gasteiger partial charge < -0.3 is 14.4 Å². The maximum Gasteiger partial charge on any atom is 0.344 e. The Morgan fingerprint density at radius 3 is 2.48 bits per heavy atom. The van der Waals surface area contributed by atoms with Crippen molar-refractivity contribution >= 4 is 11.9 Å². The molecule has 2 aromatic carbocycles. The molecule has 7 nitrogen and oxygen atoms in total. The largest absolute Gasteiger partial charge is 0.452 e. The van der Waals surface area contributed by atoms with Crippen LogP contribution in [0.5, 0.6) is 11.6 Å². The number of rotatable bonds is 7. The molecule has 1 aromatic heterocycles. The molecular formula is C26H27N3O4. The molecule has 4 rings (SSSR count). The lowest BCUT2D eigenvalue weighted by Crippen LogP contribution is -2.49. The van der Waals surface area contributed by atoms with Gasteiger partial charge in [-0.15, -0.1) is 0 Å². The lowest BCUT2D eigenvalue weighted by atomic mass is 10.1. The van der Waals surface area contributed by atoms with E-state index >= 15 is 0 Å². The van der Waals surface area contributed by atoms with Crippen molar-refractivity contribution in [3.05, 3.63) is 89.6 Å². The zero-order chi connectivity index (χ0) is 23.0. The Balaban J connectivity index is 1.27. The molecule has 0 atom stereocenters. The summed E-state index contributed by atoms with van der Waals surface area (Å²) in [5, 5.41) is 0. The summed E-state index contributed by atoms with van der Waals surface area (Å²) < 4.78 is 11.0. The van der Waals surface area contributed by atoms with Crippen LogP contribution < -0.4 is 4.74 Å². The van der Waals surface area contributed by atoms with E-state index in [1.165, 1.54) is 17.3 Å². The van der Waals surface area contributed by atoms with Crippen molar-refractivity contribution in [2.75, 3.05) is 32.8 Å². The third-order valence-corrected chi connectivity index (χ3v) is 5.49. The van der Waals surface area contributed by atoms with E-state index in [0.29, 0.717) is 18.8 Å². The molecule has 0 bridgehead atoms. The molecule has 1 amide bonds. The Morgan fingerprint density at radius 1 is 0.939 bits per heavy atom. The van der Waals surface area contributed by atoms with Gasteiger partial charge in [0.05, 0.1) is 0 Å². The first-order chi connectivity index (χ1) is 16.1. The molecular weight excluding hydrogens is 418 g/mol. The summed E-state index contributed by atoms with van der Waals surface area (Å²) in [6.07, 6.45) is 1.54. The molecule has 33 heavy (non-hydrogen) atoms. The van der Waals surface area contributed by atoms with E-state index in [1.54, 1.807) is 29.2 Å². The predicted molar refractivity (Wildman–Crippen MR) is 124 cm³/mol. The second-order valence-corrected chi connectivity index (χ2v) is 7.99. The predicted octanol–water partition coefficient (Wildman–Crippen LogP) is 3.68. The van der Waals surface area contributed by atoms with Crippen LogP contribution in [0.1, 0.15) is 21.5 Å². The van der Waals surface area contributed by atoms with Gasteiger partial charge in [-0.3, -0.25) is 9.69 Å². The first-order valence-corrected chi connectivity index (χ1v) is 11.0. The minimum atomic E-state index is -0.638. The summed E-state index contributed by atoms with van der Waals surface area (Å²) in [6.45, 7) is 5.43. The van der Waals surface area contributed by atoms with Gasteiger partial charge in [-0.25, -0.2) is 9.78 Å². The first-order valence-electron chi connectivity index (χ1n) is 11.0. The fourth-order valence-corrected chi connectivity index (χ4v) is 3.75. The van der Waals surface area contributed by atoms with Gasteiger partial charge in [0.15, 0.2) is 6.61 Å². The molecule has 1 fully saturated rings. The number of aryl methyl sites for hydroxylation is 1. The monoisotopic (exact) mass is 445 g/mol. The highest BCUT2D eigenvalue weighted by molar-refractivity contribution is 5.93. The van der Waals surface area contributed by atoms with E-state index in [0.717, 1.165) is 19.6 Å². The van der Waals surface area contributed by atoms with Gasteiger partial charge in [0.25, 0.3) is 5.91 Å². The van der Waals surface area contributed by atoms with Crippen molar-refractivity contribution in [1.82, 2.24) is 14.8 Å². The number of carbonyl (C=O) groups is 2. The minimum Gasteiger partial charge on any atom is -0.452 e. The number of hydrogen-bond donors (Lipinski definition) is 0. The van der Waals surface area contributed by atoms with Gasteiger partial charge in [-0.1, -0.05) is 48.0 Å². The summed E-state index contributed by atoms with van der Waals surface area (Å²) in [6, 6.07) is 20.7. The molecule has 1 saturated heterocycles. The number of para-hydroxylation sites is 1. The lowest BCUT2D eigenvalue weighted by Gasteiger charge is -2.34. The highest BCUT2D eigenvalue weighted by Crippen LogP contribution is 2.23. The molecule has 3 aromatic rings. The van der Waals surface area contributed by atoms with E-state index in [9.17, 15) is 9.59 Å². The van der Waals surface area contributed by atoms with Crippen molar-refractivity contribution < 1.29 is 19.1 Å². The molecule has 0 unspecified atom stereocenters. The second-order valence-electron chi connectivity index (χ2n) is 7.99. The summed E-state index contributed by atoms with van der Waals surface area (Å²) >= 11 is 0. The maximum atomic E-state index is 12.6. The van der Waals surface area contributed by atoms with Crippen LogP contribution in [0, 0.1) is 6.92 Å². The lowest BCUT2D eigenvalue weighted by molar-refractivity contribution is -0.136. The summed E-state index contributed by atoms with van der Waals surface area (Å²) in [7, 11) is 0. The standard InChI is InChI=1S/C26H27N3O4/c1-20-7-5-8-21(17-20)18-28-13-15-29(16-14-28)24(30)19-32-26(31)23-11-6-12-27-25(23)33-22-9-3-2-4-10-22/h2-12,17H,13-16,18-19H2,1H3. The number of ether oxygens (including phenoxy) is 2. The summed E-state index contributed by atoms with van der Waals surface area (Å²) in [5.74, 6) is -0.135. The van der Waals surface area contributed by atoms with Crippen LogP contribution in [-0.2, 0) is 16.1 Å². The molecule has 2 heterocycles. The number of esters is 1. The molecule has 7 heteroatoms. The number of hydrogen-bond acceptors (Lipinski definition) is 6. The van der Waals surface area contributed by atoms with Gasteiger partial charge >= 0.3 is 5.97 Å². The molecule has 0 saturated carbocycles. The van der Waals surface area contributed by atoms with Crippen molar-refractivity contribution in [1.29, 1.82) is 0 Å². The Labute approximate surface area is 193 Å². The number of pyridine rings is 1. The van der Waals surface area contributed by atoms with Crippen molar-refractivity contribution in [3.63, 3.8) is 0 Å². The fraction of sp³-hybridized carbons (Fsp3) is 0.269. The third-order valence-electron chi connectivity index (χ3n) is 5.49. The average Bonchev–Trinajstić information content (AvgIpc) is 2.84. The molecule has 0 N–H and O–H groups in total. The van der Waals surface area contributed by atoms with Crippen molar-refractivity contribution in [3.8, 4) is 11.6 Å². The molecule has 1 aliphatic rings. The third kappa shape index (κ3) is 6.17. The SMILES string of the molecule is Cc1cccc(CN2CCN(C(=O)COC(=O)c3cccnc3Oc3ccccc3)CC2)c1. The Hall–Kier alpha value is -3.71. The molecule has 0 aliphatic carbocycles. The van der Waals surface area contributed by atoms with E-state index in [4.69, 9.17) is 9.47 Å². The summed E-state index contributed by atoms with van der Waals surface area (Å²) in [5.41, 5.74) is 2.69. The van der Waals surface area contributed by atoms with Gasteiger partial charge in [-0.05, 0) is 36.8 Å². The van der Waals surface area contributed by atoms with Crippen LogP contribution in [-0.4, -0.2) is 59.4 Å². The minimum absolute atomic E-state index is 0.144. The van der Waals surface area contributed by atoms with Gasteiger partial charge in [-0.2, -0.15) is 0 Å². The molecule has 1 aliphatic heterocycles. The van der Waals surface area contributed by atoms with Crippen molar-refractivity contribution in [2.45, 2.75) is 13.5 Å². The van der Waals surface area contributed by atoms with Crippen LogP contribution in [0.2, 0.25) is 0 Å². The topological polar surface area (TPSA) is 72.0 Å². The fourth-order valence-electron chi connectivity index (χ4n) is 3.75. The van der Waals surface area contributed by atoms with Crippen LogP contribution in [0.4, 0.5) is 0 Å². The van der Waals surface area contributed by atoms with Crippen LogP contribution in [0.3, 0.4) is 0 Å². The number of benzene rings is 2. The molecule has 170 valence electrons. The number of piperazine rings is 1. The first kappa shape index (κ1) is 22.5. The number of carbonyl (C=O) groups excluding carboxylic acids is 2. The quantitative estimate of drug-likeness (QED) is 0.517. The second kappa shape index (κ2) is 10.7. The molecule has 0 spiro atoms. The number of amides is 1. The highest BCUT2D eigenvalue weighted by Gasteiger charge is 2.23. The zero-order valence-electron chi connectivity index (χ0n) is 18.6. The Kier molecular flexibility index (Phi) is 7.32. The Bertz CT molecular complexity index is 1100. The van der Waals surface area contributed by atoms with Crippen molar-refractivity contribution in [2.24, 2.45) is 0 Å². The van der Waals surface area contributed by atoms with E-state index < -0.39 is 5.97 Å². The van der Waals surface area contributed by atoms with Crippen LogP contribution >= 0.6 is 0 Å². The van der Waals surface area contributed by atoms with Gasteiger partial charge in [0.1, 0.15) is 11.3 Å². The normalized spacial score (nSPS) is 14.0. The Morgan fingerprint density at radius 2 is 1.73 bits per heavy atom. The highest BCUT2D eigenvalue weighted by atomic mass is 16.5.